The van der Waals surface area contributed by atoms with Gasteiger partial charge in [-0.3, -0.25) is 9.36 Å². The van der Waals surface area contributed by atoms with Crippen LogP contribution >= 0.6 is 23.6 Å². The van der Waals surface area contributed by atoms with Gasteiger partial charge < -0.3 is 9.72 Å². The minimum Gasteiger partial charge on any atom is -0.461 e. The van der Waals surface area contributed by atoms with Crippen LogP contribution in [0.15, 0.2) is 10.9 Å². The van der Waals surface area contributed by atoms with E-state index in [1.165, 1.54) is 22.3 Å². The molecule has 2 aromatic rings. The lowest BCUT2D eigenvalue weighted by Gasteiger charge is -2.37. The summed E-state index contributed by atoms with van der Waals surface area (Å²) >= 11 is 6.94. The summed E-state index contributed by atoms with van der Waals surface area (Å²) in [4.78, 5) is 31.0. The molecule has 3 rings (SSSR count). The predicted octanol–water partition coefficient (Wildman–Crippen LogP) is 5.25. The lowest BCUT2D eigenvalue weighted by atomic mass is 9.75. The molecule has 7 heteroatoms. The monoisotopic (exact) mass is 422 g/mol. The number of esters is 1. The highest BCUT2D eigenvalue weighted by Crippen LogP contribution is 2.36. The lowest BCUT2D eigenvalue weighted by molar-refractivity contribution is -0.159. The Bertz CT molecular complexity index is 972. The Morgan fingerprint density at radius 1 is 1.39 bits per heavy atom. The van der Waals surface area contributed by atoms with Gasteiger partial charge in [-0.15, -0.1) is 11.3 Å². The Labute approximate surface area is 175 Å². The van der Waals surface area contributed by atoms with Gasteiger partial charge in [0.25, 0.3) is 5.56 Å². The molecule has 0 aromatic carbocycles. The molecule has 2 aromatic heterocycles. The number of H-pyrrole nitrogens is 1. The van der Waals surface area contributed by atoms with E-state index in [2.05, 4.69) is 25.8 Å². The van der Waals surface area contributed by atoms with Gasteiger partial charge in [0, 0.05) is 4.88 Å². The molecule has 2 heterocycles. The average Bonchev–Trinajstić information content (AvgIpc) is 3.04. The topological polar surface area (TPSA) is 64.1 Å². The molecule has 1 aliphatic rings. The van der Waals surface area contributed by atoms with E-state index >= 15 is 0 Å². The molecule has 0 radical (unpaired) electrons. The number of nitrogens with one attached hydrogen (secondary N) is 1. The zero-order valence-electron chi connectivity index (χ0n) is 17.3. The van der Waals surface area contributed by atoms with Crippen LogP contribution in [0, 0.1) is 22.5 Å². The Hall–Kier alpha value is -1.47. The molecule has 0 spiro atoms. The highest BCUT2D eigenvalue weighted by atomic mass is 32.1. The van der Waals surface area contributed by atoms with E-state index in [9.17, 15) is 9.59 Å². The van der Waals surface area contributed by atoms with E-state index in [4.69, 9.17) is 17.0 Å². The van der Waals surface area contributed by atoms with Crippen LogP contribution < -0.4 is 5.56 Å². The molecular formula is C21H30N2O3S2. The van der Waals surface area contributed by atoms with E-state index in [1.54, 1.807) is 6.92 Å². The van der Waals surface area contributed by atoms with E-state index < -0.39 is 6.04 Å². The molecule has 5 nitrogen and oxygen atoms in total. The first-order valence-electron chi connectivity index (χ1n) is 10.2. The molecule has 0 saturated heterocycles. The summed E-state index contributed by atoms with van der Waals surface area (Å²) in [5.41, 5.74) is -0.225. The number of thiophene rings is 1. The average molecular weight is 423 g/mol. The van der Waals surface area contributed by atoms with Crippen molar-refractivity contribution in [2.24, 2.45) is 17.8 Å². The summed E-state index contributed by atoms with van der Waals surface area (Å²) < 4.78 is 7.58. The first kappa shape index (κ1) is 21.2. The summed E-state index contributed by atoms with van der Waals surface area (Å²) in [6.07, 6.45) is 3.89. The van der Waals surface area contributed by atoms with Crippen molar-refractivity contribution < 1.29 is 9.53 Å². The quantitative estimate of drug-likeness (QED) is 0.528. The van der Waals surface area contributed by atoms with Crippen LogP contribution in [0.2, 0.25) is 0 Å². The van der Waals surface area contributed by atoms with E-state index in [0.29, 0.717) is 23.1 Å². The van der Waals surface area contributed by atoms with Gasteiger partial charge in [0.1, 0.15) is 17.0 Å². The number of hydrogen-bond acceptors (Lipinski definition) is 5. The minimum atomic E-state index is -0.754. The molecule has 154 valence electrons. The molecule has 0 bridgehead atoms. The number of ether oxygens (including phenoxy) is 1. The van der Waals surface area contributed by atoms with Gasteiger partial charge in [-0.05, 0) is 62.2 Å². The lowest BCUT2D eigenvalue weighted by Crippen LogP contribution is -2.38. The van der Waals surface area contributed by atoms with Crippen molar-refractivity contribution in [1.29, 1.82) is 0 Å². The van der Waals surface area contributed by atoms with Crippen molar-refractivity contribution in [3.63, 3.8) is 0 Å². The Balaban J connectivity index is 1.88. The van der Waals surface area contributed by atoms with Gasteiger partial charge in [-0.1, -0.05) is 34.1 Å². The van der Waals surface area contributed by atoms with Crippen LogP contribution in [0.4, 0.5) is 0 Å². The number of fused-ring (bicyclic) bond motifs is 1. The van der Waals surface area contributed by atoms with Crippen molar-refractivity contribution in [3.05, 3.63) is 26.1 Å². The number of aromatic nitrogens is 2. The van der Waals surface area contributed by atoms with Crippen LogP contribution in [-0.2, 0) is 16.0 Å². The molecule has 1 fully saturated rings. The molecule has 1 N–H and O–H groups in total. The third kappa shape index (κ3) is 4.10. The maximum Gasteiger partial charge on any atom is 0.329 e. The van der Waals surface area contributed by atoms with Crippen molar-refractivity contribution in [1.82, 2.24) is 9.55 Å². The summed E-state index contributed by atoms with van der Waals surface area (Å²) in [6.45, 7) is 10.3. The largest absolute Gasteiger partial charge is 0.461 e. The van der Waals surface area contributed by atoms with Gasteiger partial charge in [0.15, 0.2) is 4.77 Å². The fourth-order valence-electron chi connectivity index (χ4n) is 4.20. The van der Waals surface area contributed by atoms with E-state index in [-0.39, 0.29) is 22.4 Å². The summed E-state index contributed by atoms with van der Waals surface area (Å²) in [5.74, 6) is 0.991. The standard InChI is InChI=1S/C21H30N2O3S2/c1-6-14-10-16-18(28-14)22-21(27)23(19(16)24)13(5)20(25)26-17-9-12(4)7-8-15(17)11(2)3/h10-13,15,17H,6-9H2,1-5H3,(H,22,27). The van der Waals surface area contributed by atoms with Crippen LogP contribution in [0.3, 0.4) is 0 Å². The molecular weight excluding hydrogens is 392 g/mol. The summed E-state index contributed by atoms with van der Waals surface area (Å²) in [6, 6.07) is 1.13. The summed E-state index contributed by atoms with van der Waals surface area (Å²) in [5, 5.41) is 0.585. The van der Waals surface area contributed by atoms with Gasteiger partial charge in [-0.2, -0.15) is 0 Å². The van der Waals surface area contributed by atoms with Gasteiger partial charge >= 0.3 is 5.97 Å². The van der Waals surface area contributed by atoms with Gasteiger partial charge in [0.2, 0.25) is 0 Å². The number of carbonyl (C=O) groups is 1. The molecule has 4 atom stereocenters. The SMILES string of the molecule is CCc1cc2c(=O)n(C(C)C(=O)OC3CC(C)CCC3C(C)C)c(=S)[nH]c2s1. The normalized spacial score (nSPS) is 23.9. The molecule has 28 heavy (non-hydrogen) atoms. The number of hydrogen-bond donors (Lipinski definition) is 1. The summed E-state index contributed by atoms with van der Waals surface area (Å²) in [7, 11) is 0. The zero-order chi connectivity index (χ0) is 20.6. The smallest absolute Gasteiger partial charge is 0.329 e. The number of nitrogens with zero attached hydrogens (tertiary/aromatic N) is 1. The van der Waals surface area contributed by atoms with E-state index in [0.717, 1.165) is 29.0 Å². The number of aryl methyl sites for hydroxylation is 1. The van der Waals surface area contributed by atoms with Crippen LogP contribution in [0.1, 0.15) is 64.8 Å². The molecule has 1 aliphatic carbocycles. The Morgan fingerprint density at radius 3 is 2.75 bits per heavy atom. The second kappa shape index (κ2) is 8.49. The first-order valence-corrected chi connectivity index (χ1v) is 11.4. The maximum atomic E-state index is 13.0. The highest BCUT2D eigenvalue weighted by molar-refractivity contribution is 7.71. The van der Waals surface area contributed by atoms with Crippen molar-refractivity contribution in [2.45, 2.75) is 72.4 Å². The molecule has 0 aliphatic heterocycles. The number of aromatic amines is 1. The Kier molecular flexibility index (Phi) is 6.44. The molecule has 4 unspecified atom stereocenters. The molecule has 1 saturated carbocycles. The minimum absolute atomic E-state index is 0.0940. The van der Waals surface area contributed by atoms with Gasteiger partial charge in [-0.25, -0.2) is 4.79 Å². The van der Waals surface area contributed by atoms with Crippen molar-refractivity contribution in [2.75, 3.05) is 0 Å². The second-order valence-electron chi connectivity index (χ2n) is 8.39. The predicted molar refractivity (Wildman–Crippen MR) is 117 cm³/mol. The van der Waals surface area contributed by atoms with E-state index in [1.807, 2.05) is 13.0 Å². The maximum absolute atomic E-state index is 13.0. The third-order valence-electron chi connectivity index (χ3n) is 5.98. The number of carbonyl (C=O) groups excluding carboxylic acids is 1. The zero-order valence-corrected chi connectivity index (χ0v) is 18.9. The fraction of sp³-hybridized carbons (Fsp3) is 0.667. The van der Waals surface area contributed by atoms with Crippen LogP contribution in [0.25, 0.3) is 10.2 Å². The highest BCUT2D eigenvalue weighted by Gasteiger charge is 2.35. The first-order chi connectivity index (χ1) is 13.2. The fourth-order valence-corrected chi connectivity index (χ4v) is 5.60. The van der Waals surface area contributed by atoms with Crippen LogP contribution in [-0.4, -0.2) is 21.6 Å². The second-order valence-corrected chi connectivity index (χ2v) is 9.92. The van der Waals surface area contributed by atoms with Crippen molar-refractivity contribution in [3.8, 4) is 0 Å². The number of rotatable bonds is 5. The van der Waals surface area contributed by atoms with Crippen LogP contribution in [0.5, 0.6) is 0 Å². The molecule has 0 amide bonds. The van der Waals surface area contributed by atoms with Crippen molar-refractivity contribution >= 4 is 39.7 Å². The van der Waals surface area contributed by atoms with Gasteiger partial charge in [0.05, 0.1) is 5.39 Å². The Morgan fingerprint density at radius 2 is 2.11 bits per heavy atom. The third-order valence-corrected chi connectivity index (χ3v) is 7.47.